The summed E-state index contributed by atoms with van der Waals surface area (Å²) in [6.45, 7) is 4.72. The van der Waals surface area contributed by atoms with Crippen LogP contribution in [0, 0.1) is 5.92 Å². The van der Waals surface area contributed by atoms with Crippen molar-refractivity contribution in [3.8, 4) is 0 Å². The number of para-hydroxylation sites is 1. The van der Waals surface area contributed by atoms with Crippen molar-refractivity contribution < 1.29 is 9.90 Å². The van der Waals surface area contributed by atoms with Crippen LogP contribution in [-0.4, -0.2) is 40.2 Å². The summed E-state index contributed by atoms with van der Waals surface area (Å²) in [6, 6.07) is 8.27. The molecule has 0 radical (unpaired) electrons. The van der Waals surface area contributed by atoms with Crippen LogP contribution in [0.15, 0.2) is 30.5 Å². The monoisotopic (exact) mass is 300 g/mol. The van der Waals surface area contributed by atoms with Gasteiger partial charge in [0.25, 0.3) is 0 Å². The van der Waals surface area contributed by atoms with E-state index in [1.54, 1.807) is 0 Å². The molecular formula is C18H24N2O2. The Morgan fingerprint density at radius 1 is 1.36 bits per heavy atom. The molecule has 1 aromatic heterocycles. The SMILES string of the molecule is CCn1cc(CC(=O)N2CCCC(CO)C2)c2ccccc21. The van der Waals surface area contributed by atoms with Gasteiger partial charge in [0.05, 0.1) is 6.42 Å². The average Bonchev–Trinajstić information content (AvgIpc) is 2.93. The number of benzene rings is 1. The Bertz CT molecular complexity index is 662. The zero-order valence-electron chi connectivity index (χ0n) is 13.2. The van der Waals surface area contributed by atoms with E-state index in [-0.39, 0.29) is 18.4 Å². The summed E-state index contributed by atoms with van der Waals surface area (Å²) < 4.78 is 2.20. The number of hydrogen-bond acceptors (Lipinski definition) is 2. The number of aromatic nitrogens is 1. The summed E-state index contributed by atoms with van der Waals surface area (Å²) in [7, 11) is 0. The Labute approximate surface area is 131 Å². The first-order valence-corrected chi connectivity index (χ1v) is 8.18. The molecule has 4 nitrogen and oxygen atoms in total. The summed E-state index contributed by atoms with van der Waals surface area (Å²) in [5.41, 5.74) is 2.30. The van der Waals surface area contributed by atoms with E-state index in [0.29, 0.717) is 13.0 Å². The minimum atomic E-state index is 0.178. The predicted molar refractivity (Wildman–Crippen MR) is 87.7 cm³/mol. The predicted octanol–water partition coefficient (Wildman–Crippen LogP) is 2.43. The Hall–Kier alpha value is -1.81. The number of nitrogens with zero attached hydrogens (tertiary/aromatic N) is 2. The van der Waals surface area contributed by atoms with Gasteiger partial charge in [-0.2, -0.15) is 0 Å². The lowest BCUT2D eigenvalue weighted by molar-refractivity contribution is -0.132. The molecule has 1 N–H and O–H groups in total. The third kappa shape index (κ3) is 2.88. The van der Waals surface area contributed by atoms with Crippen molar-refractivity contribution in [2.75, 3.05) is 19.7 Å². The Morgan fingerprint density at radius 3 is 2.95 bits per heavy atom. The highest BCUT2D eigenvalue weighted by Gasteiger charge is 2.23. The van der Waals surface area contributed by atoms with E-state index >= 15 is 0 Å². The van der Waals surface area contributed by atoms with Gasteiger partial charge in [-0.25, -0.2) is 0 Å². The second kappa shape index (κ2) is 6.53. The number of carbonyl (C=O) groups is 1. The lowest BCUT2D eigenvalue weighted by Gasteiger charge is -2.31. The fourth-order valence-corrected chi connectivity index (χ4v) is 3.44. The van der Waals surface area contributed by atoms with Gasteiger partial charge in [-0.3, -0.25) is 4.79 Å². The zero-order chi connectivity index (χ0) is 15.5. The number of piperidine rings is 1. The molecule has 0 bridgehead atoms. The highest BCUT2D eigenvalue weighted by Crippen LogP contribution is 2.23. The van der Waals surface area contributed by atoms with Gasteiger partial charge in [-0.15, -0.1) is 0 Å². The minimum absolute atomic E-state index is 0.178. The van der Waals surface area contributed by atoms with Crippen LogP contribution in [0.4, 0.5) is 0 Å². The Balaban J connectivity index is 1.79. The van der Waals surface area contributed by atoms with Gasteiger partial charge in [0.15, 0.2) is 0 Å². The van der Waals surface area contributed by atoms with Crippen LogP contribution < -0.4 is 0 Å². The number of carbonyl (C=O) groups excluding carboxylic acids is 1. The van der Waals surface area contributed by atoms with Gasteiger partial charge in [0.2, 0.25) is 5.91 Å². The molecule has 118 valence electrons. The van der Waals surface area contributed by atoms with E-state index in [2.05, 4.69) is 29.8 Å². The van der Waals surface area contributed by atoms with E-state index in [1.165, 1.54) is 10.9 Å². The van der Waals surface area contributed by atoms with Crippen molar-refractivity contribution in [1.82, 2.24) is 9.47 Å². The molecule has 0 saturated carbocycles. The first-order valence-electron chi connectivity index (χ1n) is 8.18. The molecule has 1 amide bonds. The summed E-state index contributed by atoms with van der Waals surface area (Å²) in [6.07, 6.45) is 4.57. The number of amides is 1. The van der Waals surface area contributed by atoms with Crippen molar-refractivity contribution in [3.05, 3.63) is 36.0 Å². The molecule has 0 aliphatic carbocycles. The maximum Gasteiger partial charge on any atom is 0.227 e. The Morgan fingerprint density at radius 2 is 2.18 bits per heavy atom. The third-order valence-electron chi connectivity index (χ3n) is 4.68. The maximum absolute atomic E-state index is 12.6. The van der Waals surface area contributed by atoms with Crippen LogP contribution in [-0.2, 0) is 17.8 Å². The van der Waals surface area contributed by atoms with E-state index < -0.39 is 0 Å². The lowest BCUT2D eigenvalue weighted by Crippen LogP contribution is -2.41. The molecule has 2 heterocycles. The minimum Gasteiger partial charge on any atom is -0.396 e. The first-order chi connectivity index (χ1) is 10.7. The standard InChI is InChI=1S/C18H24N2O2/c1-2-19-12-15(16-7-3-4-8-17(16)19)10-18(22)20-9-5-6-14(11-20)13-21/h3-4,7-8,12,14,21H,2,5-6,9-11,13H2,1H3. The van der Waals surface area contributed by atoms with Crippen molar-refractivity contribution in [3.63, 3.8) is 0 Å². The largest absolute Gasteiger partial charge is 0.396 e. The summed E-state index contributed by atoms with van der Waals surface area (Å²) in [4.78, 5) is 14.5. The quantitative estimate of drug-likeness (QED) is 0.942. The molecule has 2 aromatic rings. The van der Waals surface area contributed by atoms with Gasteiger partial charge in [-0.05, 0) is 37.3 Å². The highest BCUT2D eigenvalue weighted by molar-refractivity contribution is 5.89. The summed E-state index contributed by atoms with van der Waals surface area (Å²) in [5.74, 6) is 0.423. The van der Waals surface area contributed by atoms with Crippen molar-refractivity contribution in [1.29, 1.82) is 0 Å². The molecule has 1 saturated heterocycles. The normalized spacial score (nSPS) is 18.8. The number of rotatable bonds is 4. The third-order valence-corrected chi connectivity index (χ3v) is 4.68. The fraction of sp³-hybridized carbons (Fsp3) is 0.500. The molecule has 1 aliphatic rings. The number of aryl methyl sites for hydroxylation is 1. The van der Waals surface area contributed by atoms with Gasteiger partial charge in [-0.1, -0.05) is 18.2 Å². The number of aliphatic hydroxyl groups excluding tert-OH is 1. The number of aliphatic hydroxyl groups is 1. The second-order valence-corrected chi connectivity index (χ2v) is 6.16. The maximum atomic E-state index is 12.6. The Kier molecular flexibility index (Phi) is 4.48. The highest BCUT2D eigenvalue weighted by atomic mass is 16.3. The molecule has 3 rings (SSSR count). The first kappa shape index (κ1) is 15.1. The molecule has 1 unspecified atom stereocenters. The summed E-state index contributed by atoms with van der Waals surface area (Å²) >= 11 is 0. The zero-order valence-corrected chi connectivity index (χ0v) is 13.2. The van der Waals surface area contributed by atoms with E-state index in [4.69, 9.17) is 0 Å². The van der Waals surface area contributed by atoms with Crippen LogP contribution >= 0.6 is 0 Å². The van der Waals surface area contributed by atoms with E-state index in [9.17, 15) is 9.90 Å². The van der Waals surface area contributed by atoms with Crippen molar-refractivity contribution in [2.45, 2.75) is 32.7 Å². The number of hydrogen-bond donors (Lipinski definition) is 1. The lowest BCUT2D eigenvalue weighted by atomic mass is 9.98. The van der Waals surface area contributed by atoms with Crippen molar-refractivity contribution >= 4 is 16.8 Å². The topological polar surface area (TPSA) is 45.5 Å². The molecule has 1 fully saturated rings. The molecule has 0 spiro atoms. The average molecular weight is 300 g/mol. The van der Waals surface area contributed by atoms with Gasteiger partial charge in [0, 0.05) is 43.3 Å². The fourth-order valence-electron chi connectivity index (χ4n) is 3.44. The van der Waals surface area contributed by atoms with E-state index in [0.717, 1.165) is 31.5 Å². The number of likely N-dealkylation sites (tertiary alicyclic amines) is 1. The molecular weight excluding hydrogens is 276 g/mol. The van der Waals surface area contributed by atoms with Crippen LogP contribution in [0.3, 0.4) is 0 Å². The van der Waals surface area contributed by atoms with Crippen LogP contribution in [0.5, 0.6) is 0 Å². The van der Waals surface area contributed by atoms with Gasteiger partial charge >= 0.3 is 0 Å². The smallest absolute Gasteiger partial charge is 0.227 e. The van der Waals surface area contributed by atoms with E-state index in [1.807, 2.05) is 17.0 Å². The molecule has 1 aliphatic heterocycles. The molecule has 1 aromatic carbocycles. The number of fused-ring (bicyclic) bond motifs is 1. The molecule has 22 heavy (non-hydrogen) atoms. The molecule has 1 atom stereocenters. The van der Waals surface area contributed by atoms with Crippen molar-refractivity contribution in [2.24, 2.45) is 5.92 Å². The van der Waals surface area contributed by atoms with Crippen LogP contribution in [0.25, 0.3) is 10.9 Å². The van der Waals surface area contributed by atoms with Gasteiger partial charge in [0.1, 0.15) is 0 Å². The summed E-state index contributed by atoms with van der Waals surface area (Å²) in [5, 5.41) is 10.5. The van der Waals surface area contributed by atoms with Crippen LogP contribution in [0.1, 0.15) is 25.3 Å². The molecule has 4 heteroatoms. The van der Waals surface area contributed by atoms with Gasteiger partial charge < -0.3 is 14.6 Å². The van der Waals surface area contributed by atoms with Crippen LogP contribution in [0.2, 0.25) is 0 Å². The second-order valence-electron chi connectivity index (χ2n) is 6.16.